The number of nitrogens with zero attached hydrogens (tertiary/aromatic N) is 5. The van der Waals surface area contributed by atoms with Gasteiger partial charge in [0.15, 0.2) is 15.5 Å². The van der Waals surface area contributed by atoms with Crippen molar-refractivity contribution in [3.63, 3.8) is 0 Å². The van der Waals surface area contributed by atoms with Crippen molar-refractivity contribution in [1.82, 2.24) is 35.9 Å². The maximum atomic E-state index is 13.0. The molecule has 4 heterocycles. The molecule has 5 rings (SSSR count). The second kappa shape index (κ2) is 6.71. The number of nitrogens with one attached hydrogen (secondary N) is 2. The zero-order chi connectivity index (χ0) is 20.9. The van der Waals surface area contributed by atoms with Gasteiger partial charge in [0.05, 0.1) is 21.4 Å². The first-order valence-corrected chi connectivity index (χ1v) is 10.6. The molecule has 0 atom stereocenters. The highest BCUT2D eigenvalue weighted by molar-refractivity contribution is 7.92. The number of aromatic amines is 1. The third-order valence-electron chi connectivity index (χ3n) is 5.18. The number of pyridine rings is 2. The summed E-state index contributed by atoms with van der Waals surface area (Å²) in [6.07, 6.45) is 1.60. The smallest absolute Gasteiger partial charge is 0.207 e. The van der Waals surface area contributed by atoms with Crippen LogP contribution in [0.5, 0.6) is 0 Å². The minimum absolute atomic E-state index is 0.0540. The Morgan fingerprint density at radius 1 is 1.03 bits per heavy atom. The molecular formula is C18H17N9O2S. The third-order valence-corrected chi connectivity index (χ3v) is 7.36. The number of sulfone groups is 1. The number of hydrogen-bond donors (Lipinski definition) is 4. The van der Waals surface area contributed by atoms with Crippen molar-refractivity contribution in [2.75, 3.05) is 24.6 Å². The molecule has 0 amide bonds. The molecule has 6 N–H and O–H groups in total. The Morgan fingerprint density at radius 2 is 1.87 bits per heavy atom. The summed E-state index contributed by atoms with van der Waals surface area (Å²) in [5, 5.41) is 17.3. The lowest BCUT2D eigenvalue weighted by molar-refractivity contribution is 0.495. The first-order chi connectivity index (χ1) is 14.5. The Hall–Kier alpha value is -3.64. The summed E-state index contributed by atoms with van der Waals surface area (Å²) >= 11 is 0. The van der Waals surface area contributed by atoms with Crippen molar-refractivity contribution in [2.24, 2.45) is 0 Å². The van der Waals surface area contributed by atoms with Crippen molar-refractivity contribution < 1.29 is 8.42 Å². The fraction of sp³-hybridized carbons (Fsp3) is 0.167. The van der Waals surface area contributed by atoms with E-state index < -0.39 is 15.1 Å². The molecule has 0 saturated carbocycles. The van der Waals surface area contributed by atoms with Crippen LogP contribution in [0.3, 0.4) is 0 Å². The van der Waals surface area contributed by atoms with Crippen LogP contribution in [0.1, 0.15) is 0 Å². The van der Waals surface area contributed by atoms with Gasteiger partial charge >= 0.3 is 0 Å². The van der Waals surface area contributed by atoms with E-state index in [4.69, 9.17) is 11.5 Å². The van der Waals surface area contributed by atoms with E-state index in [1.807, 2.05) is 0 Å². The van der Waals surface area contributed by atoms with Crippen molar-refractivity contribution >= 4 is 32.4 Å². The average molecular weight is 423 g/mol. The summed E-state index contributed by atoms with van der Waals surface area (Å²) in [4.78, 5) is 8.58. The van der Waals surface area contributed by atoms with Gasteiger partial charge in [-0.1, -0.05) is 6.07 Å². The second-order valence-electron chi connectivity index (χ2n) is 6.93. The lowest BCUT2D eigenvalue weighted by atomic mass is 9.96. The van der Waals surface area contributed by atoms with Gasteiger partial charge in [-0.3, -0.25) is 0 Å². The fourth-order valence-electron chi connectivity index (χ4n) is 3.52. The van der Waals surface area contributed by atoms with Gasteiger partial charge < -0.3 is 16.8 Å². The number of rotatable bonds is 4. The topological polar surface area (TPSA) is 178 Å². The molecule has 1 aromatic carbocycles. The van der Waals surface area contributed by atoms with Crippen molar-refractivity contribution in [1.29, 1.82) is 0 Å². The fourth-order valence-corrected chi connectivity index (χ4v) is 5.22. The minimum Gasteiger partial charge on any atom is -0.397 e. The monoisotopic (exact) mass is 423 g/mol. The van der Waals surface area contributed by atoms with E-state index in [1.54, 1.807) is 30.5 Å². The van der Waals surface area contributed by atoms with Crippen molar-refractivity contribution in [3.8, 4) is 22.5 Å². The molecule has 0 spiro atoms. The minimum atomic E-state index is -3.61. The van der Waals surface area contributed by atoms with Crippen molar-refractivity contribution in [3.05, 3.63) is 36.5 Å². The Bertz CT molecular complexity index is 1370. The van der Waals surface area contributed by atoms with Crippen LogP contribution in [0, 0.1) is 0 Å². The highest BCUT2D eigenvalue weighted by atomic mass is 32.2. The van der Waals surface area contributed by atoms with Gasteiger partial charge in [-0.05, 0) is 40.6 Å². The number of H-pyrrole nitrogens is 1. The first-order valence-electron chi connectivity index (χ1n) is 9.09. The Morgan fingerprint density at radius 3 is 2.57 bits per heavy atom. The molecule has 30 heavy (non-hydrogen) atoms. The number of fused-ring (bicyclic) bond motifs is 1. The van der Waals surface area contributed by atoms with E-state index in [9.17, 15) is 8.42 Å². The van der Waals surface area contributed by atoms with Crippen LogP contribution in [0.15, 0.2) is 41.4 Å². The zero-order valence-electron chi connectivity index (χ0n) is 15.6. The van der Waals surface area contributed by atoms with Crippen LogP contribution in [-0.2, 0) is 9.84 Å². The Balaban J connectivity index is 1.79. The lowest BCUT2D eigenvalue weighted by Gasteiger charge is -2.27. The first kappa shape index (κ1) is 18.4. The van der Waals surface area contributed by atoms with E-state index in [-0.39, 0.29) is 16.4 Å². The predicted molar refractivity (Wildman–Crippen MR) is 111 cm³/mol. The molecule has 4 aromatic rings. The Kier molecular flexibility index (Phi) is 4.11. The van der Waals surface area contributed by atoms with Gasteiger partial charge in [0, 0.05) is 24.7 Å². The number of aromatic nitrogens is 6. The van der Waals surface area contributed by atoms with Crippen LogP contribution in [-0.4, -0.2) is 57.3 Å². The summed E-state index contributed by atoms with van der Waals surface area (Å²) in [5.41, 5.74) is 14.5. The van der Waals surface area contributed by atoms with Gasteiger partial charge in [-0.2, -0.15) is 5.21 Å². The number of nitrogens with two attached hydrogens (primary N) is 2. The largest absolute Gasteiger partial charge is 0.397 e. The molecule has 1 saturated heterocycles. The molecule has 1 aliphatic heterocycles. The van der Waals surface area contributed by atoms with Crippen LogP contribution in [0.2, 0.25) is 0 Å². The number of nitrogen functional groups attached to an aromatic ring is 2. The van der Waals surface area contributed by atoms with E-state index in [1.165, 1.54) is 6.07 Å². The average Bonchev–Trinajstić information content (AvgIpc) is 3.19. The van der Waals surface area contributed by atoms with Crippen LogP contribution in [0.25, 0.3) is 33.5 Å². The quantitative estimate of drug-likeness (QED) is 0.335. The number of anilines is 2. The number of benzene rings is 1. The van der Waals surface area contributed by atoms with Gasteiger partial charge in [-0.15, -0.1) is 10.2 Å². The van der Waals surface area contributed by atoms with E-state index in [2.05, 4.69) is 35.9 Å². The highest BCUT2D eigenvalue weighted by Crippen LogP contribution is 2.41. The van der Waals surface area contributed by atoms with E-state index in [0.717, 1.165) is 10.9 Å². The van der Waals surface area contributed by atoms with E-state index >= 15 is 0 Å². The molecule has 152 valence electrons. The molecule has 0 aliphatic carbocycles. The zero-order valence-corrected chi connectivity index (χ0v) is 16.4. The van der Waals surface area contributed by atoms with Crippen LogP contribution in [0.4, 0.5) is 11.5 Å². The summed E-state index contributed by atoms with van der Waals surface area (Å²) < 4.78 is 26.1. The number of tetrazole rings is 1. The molecule has 12 heteroatoms. The normalized spacial score (nSPS) is 14.7. The molecule has 0 bridgehead atoms. The van der Waals surface area contributed by atoms with Gasteiger partial charge in [-0.25, -0.2) is 18.4 Å². The maximum absolute atomic E-state index is 13.0. The molecule has 3 aromatic heterocycles. The predicted octanol–water partition coefficient (Wildman–Crippen LogP) is 0.387. The Labute approximate surface area is 170 Å². The van der Waals surface area contributed by atoms with E-state index in [0.29, 0.717) is 35.7 Å². The van der Waals surface area contributed by atoms with Crippen LogP contribution < -0.4 is 16.8 Å². The van der Waals surface area contributed by atoms with Gasteiger partial charge in [0.1, 0.15) is 5.82 Å². The summed E-state index contributed by atoms with van der Waals surface area (Å²) in [7, 11) is -3.61. The van der Waals surface area contributed by atoms with Gasteiger partial charge in [0.25, 0.3) is 0 Å². The molecule has 1 fully saturated rings. The van der Waals surface area contributed by atoms with Crippen LogP contribution >= 0.6 is 0 Å². The molecule has 0 unspecified atom stereocenters. The van der Waals surface area contributed by atoms with Gasteiger partial charge in [0.2, 0.25) is 5.82 Å². The van der Waals surface area contributed by atoms with Crippen molar-refractivity contribution in [2.45, 2.75) is 10.1 Å². The lowest BCUT2D eigenvalue weighted by Crippen LogP contribution is -2.51. The molecule has 0 radical (unpaired) electrons. The SMILES string of the molecule is Nc1ccc2c(-c3ccc(S(=O)(=O)C4CNC4)c(N)c3-c3nn[nH]n3)ccnc2n1. The highest BCUT2D eigenvalue weighted by Gasteiger charge is 2.35. The molecular weight excluding hydrogens is 406 g/mol. The maximum Gasteiger partial charge on any atom is 0.207 e. The number of hydrogen-bond acceptors (Lipinski definition) is 10. The second-order valence-corrected chi connectivity index (χ2v) is 9.12. The molecule has 11 nitrogen and oxygen atoms in total. The summed E-state index contributed by atoms with van der Waals surface area (Å²) in [6, 6.07) is 8.50. The molecule has 1 aliphatic rings. The standard InChI is InChI=1S/C18H17N9O2S/c19-14-4-2-12-10(5-6-22-17(12)23-14)11-1-3-13(30(28,29)9-7-21-8-9)16(20)15(11)18-24-26-27-25-18/h1-6,9,21H,7-8,20H2,(H2,19,22,23)(H,24,25,26,27). The summed E-state index contributed by atoms with van der Waals surface area (Å²) in [6.45, 7) is 0.784. The summed E-state index contributed by atoms with van der Waals surface area (Å²) in [5.74, 6) is 0.542. The third kappa shape index (κ3) is 2.76.